The first-order chi connectivity index (χ1) is 5.88. The van der Waals surface area contributed by atoms with Crippen molar-refractivity contribution in [1.29, 1.82) is 0 Å². The SMILES string of the molecule is C/C=C/C=C1/C=CC=C/C1=N\C. The molecule has 1 nitrogen and oxygen atoms in total. The number of allylic oxidation sites excluding steroid dienone is 8. The molecule has 0 saturated carbocycles. The molecule has 0 radical (unpaired) electrons. The molecule has 0 aromatic rings. The second-order valence-electron chi connectivity index (χ2n) is 2.47. The maximum atomic E-state index is 4.16. The van der Waals surface area contributed by atoms with Crippen molar-refractivity contribution in [2.45, 2.75) is 6.92 Å². The molecule has 1 aliphatic carbocycles. The Bertz CT molecular complexity index is 288. The van der Waals surface area contributed by atoms with E-state index in [9.17, 15) is 0 Å². The lowest BCUT2D eigenvalue weighted by atomic mass is 10.1. The Labute approximate surface area is 73.5 Å². The van der Waals surface area contributed by atoms with Gasteiger partial charge in [0.05, 0.1) is 5.71 Å². The third-order valence-corrected chi connectivity index (χ3v) is 1.65. The normalized spacial score (nSPS) is 23.2. The van der Waals surface area contributed by atoms with Crippen molar-refractivity contribution in [3.63, 3.8) is 0 Å². The minimum absolute atomic E-state index is 1.04. The lowest BCUT2D eigenvalue weighted by Gasteiger charge is -2.03. The fourth-order valence-corrected chi connectivity index (χ4v) is 1.03. The van der Waals surface area contributed by atoms with Crippen LogP contribution < -0.4 is 0 Å². The van der Waals surface area contributed by atoms with Gasteiger partial charge in [-0.05, 0) is 18.6 Å². The number of rotatable bonds is 1. The van der Waals surface area contributed by atoms with Crippen molar-refractivity contribution in [3.8, 4) is 0 Å². The number of hydrogen-bond donors (Lipinski definition) is 0. The zero-order valence-corrected chi connectivity index (χ0v) is 7.49. The number of nitrogens with zero attached hydrogens (tertiary/aromatic N) is 1. The van der Waals surface area contributed by atoms with Gasteiger partial charge in [0.2, 0.25) is 0 Å². The van der Waals surface area contributed by atoms with Crippen LogP contribution in [-0.4, -0.2) is 12.8 Å². The Kier molecular flexibility index (Phi) is 3.27. The molecule has 0 heterocycles. The zero-order chi connectivity index (χ0) is 8.81. The summed E-state index contributed by atoms with van der Waals surface area (Å²) in [5.41, 5.74) is 2.20. The predicted octanol–water partition coefficient (Wildman–Crippen LogP) is 2.69. The van der Waals surface area contributed by atoms with Crippen LogP contribution in [0.25, 0.3) is 0 Å². The van der Waals surface area contributed by atoms with E-state index in [-0.39, 0.29) is 0 Å². The van der Waals surface area contributed by atoms with Crippen molar-refractivity contribution in [2.24, 2.45) is 4.99 Å². The predicted molar refractivity (Wildman–Crippen MR) is 54.5 cm³/mol. The number of aliphatic imine (C=N–C) groups is 1. The topological polar surface area (TPSA) is 12.4 Å². The van der Waals surface area contributed by atoms with Gasteiger partial charge < -0.3 is 0 Å². The molecule has 0 fully saturated rings. The van der Waals surface area contributed by atoms with E-state index in [4.69, 9.17) is 0 Å². The van der Waals surface area contributed by atoms with Crippen LogP contribution in [0, 0.1) is 0 Å². The van der Waals surface area contributed by atoms with Crippen molar-refractivity contribution >= 4 is 5.71 Å². The van der Waals surface area contributed by atoms with Crippen LogP contribution in [0.2, 0.25) is 0 Å². The lowest BCUT2D eigenvalue weighted by Crippen LogP contribution is -1.98. The third kappa shape index (κ3) is 2.06. The quantitative estimate of drug-likeness (QED) is 0.557. The van der Waals surface area contributed by atoms with Crippen molar-refractivity contribution in [2.75, 3.05) is 7.05 Å². The summed E-state index contributed by atoms with van der Waals surface area (Å²) >= 11 is 0. The van der Waals surface area contributed by atoms with Gasteiger partial charge in [-0.2, -0.15) is 0 Å². The molecule has 12 heavy (non-hydrogen) atoms. The second-order valence-corrected chi connectivity index (χ2v) is 2.47. The molecule has 1 rings (SSSR count). The van der Waals surface area contributed by atoms with Gasteiger partial charge in [0.25, 0.3) is 0 Å². The van der Waals surface area contributed by atoms with E-state index >= 15 is 0 Å². The van der Waals surface area contributed by atoms with Crippen LogP contribution in [0.1, 0.15) is 6.92 Å². The van der Waals surface area contributed by atoms with Gasteiger partial charge in [0.1, 0.15) is 0 Å². The Morgan fingerprint density at radius 2 is 2.00 bits per heavy atom. The molecule has 0 amide bonds. The van der Waals surface area contributed by atoms with E-state index < -0.39 is 0 Å². The molecule has 0 bridgehead atoms. The molecule has 0 aliphatic heterocycles. The van der Waals surface area contributed by atoms with E-state index in [0.717, 1.165) is 11.3 Å². The van der Waals surface area contributed by atoms with E-state index in [0.29, 0.717) is 0 Å². The highest BCUT2D eigenvalue weighted by molar-refractivity contribution is 6.11. The molecule has 0 atom stereocenters. The summed E-state index contributed by atoms with van der Waals surface area (Å²) in [6, 6.07) is 0. The Morgan fingerprint density at radius 1 is 1.25 bits per heavy atom. The highest BCUT2D eigenvalue weighted by Crippen LogP contribution is 2.07. The van der Waals surface area contributed by atoms with Gasteiger partial charge in [-0.15, -0.1) is 0 Å². The van der Waals surface area contributed by atoms with Crippen molar-refractivity contribution in [3.05, 3.63) is 48.1 Å². The smallest absolute Gasteiger partial charge is 0.0643 e. The molecule has 0 saturated heterocycles. The van der Waals surface area contributed by atoms with Crippen LogP contribution in [0.5, 0.6) is 0 Å². The maximum absolute atomic E-state index is 4.16. The summed E-state index contributed by atoms with van der Waals surface area (Å²) in [7, 11) is 1.81. The molecule has 1 aliphatic rings. The molecule has 0 aromatic carbocycles. The van der Waals surface area contributed by atoms with E-state index in [1.54, 1.807) is 0 Å². The molecular weight excluding hydrogens is 146 g/mol. The van der Waals surface area contributed by atoms with Crippen LogP contribution >= 0.6 is 0 Å². The summed E-state index contributed by atoms with van der Waals surface area (Å²) in [5, 5.41) is 0. The van der Waals surface area contributed by atoms with Gasteiger partial charge in [-0.25, -0.2) is 0 Å². The summed E-state index contributed by atoms with van der Waals surface area (Å²) in [5.74, 6) is 0. The summed E-state index contributed by atoms with van der Waals surface area (Å²) in [4.78, 5) is 4.16. The maximum Gasteiger partial charge on any atom is 0.0643 e. The fraction of sp³-hybridized carbons (Fsp3) is 0.182. The average Bonchev–Trinajstić information content (AvgIpc) is 2.15. The zero-order valence-electron chi connectivity index (χ0n) is 7.49. The molecule has 0 spiro atoms. The summed E-state index contributed by atoms with van der Waals surface area (Å²) in [6.45, 7) is 2.00. The van der Waals surface area contributed by atoms with E-state index in [1.165, 1.54) is 0 Å². The largest absolute Gasteiger partial charge is 0.288 e. The Balaban J connectivity index is 2.90. The standard InChI is InChI=1S/C11H13N/c1-3-4-7-10-8-5-6-9-11(10)12-2/h3-9H,1-2H3/b4-3+,10-7-,12-11+. The van der Waals surface area contributed by atoms with Crippen LogP contribution in [0.4, 0.5) is 0 Å². The van der Waals surface area contributed by atoms with Crippen molar-refractivity contribution < 1.29 is 0 Å². The van der Waals surface area contributed by atoms with Gasteiger partial charge in [0.15, 0.2) is 0 Å². The number of hydrogen-bond acceptors (Lipinski definition) is 1. The highest BCUT2D eigenvalue weighted by Gasteiger charge is 1.99. The van der Waals surface area contributed by atoms with Crippen LogP contribution in [-0.2, 0) is 0 Å². The minimum atomic E-state index is 1.04. The van der Waals surface area contributed by atoms with Crippen LogP contribution in [0.3, 0.4) is 0 Å². The van der Waals surface area contributed by atoms with E-state index in [1.807, 2.05) is 44.4 Å². The van der Waals surface area contributed by atoms with Gasteiger partial charge in [-0.1, -0.05) is 36.5 Å². The Morgan fingerprint density at radius 3 is 2.67 bits per heavy atom. The van der Waals surface area contributed by atoms with Crippen molar-refractivity contribution in [1.82, 2.24) is 0 Å². The molecular formula is C11H13N. The first kappa shape index (κ1) is 8.72. The Hall–Kier alpha value is -1.37. The average molecular weight is 159 g/mol. The molecule has 62 valence electrons. The second kappa shape index (κ2) is 4.50. The summed E-state index contributed by atoms with van der Waals surface area (Å²) in [6.07, 6.45) is 14.2. The monoisotopic (exact) mass is 159 g/mol. The summed E-state index contributed by atoms with van der Waals surface area (Å²) < 4.78 is 0. The van der Waals surface area contributed by atoms with E-state index in [2.05, 4.69) is 17.1 Å². The molecule has 0 unspecified atom stereocenters. The first-order valence-corrected chi connectivity index (χ1v) is 4.03. The van der Waals surface area contributed by atoms with Gasteiger partial charge in [0, 0.05) is 7.05 Å². The first-order valence-electron chi connectivity index (χ1n) is 4.03. The fourth-order valence-electron chi connectivity index (χ4n) is 1.03. The van der Waals surface area contributed by atoms with Crippen LogP contribution in [0.15, 0.2) is 53.1 Å². The molecule has 0 N–H and O–H groups in total. The molecule has 1 heteroatoms. The minimum Gasteiger partial charge on any atom is -0.288 e. The third-order valence-electron chi connectivity index (χ3n) is 1.65. The van der Waals surface area contributed by atoms with Gasteiger partial charge in [-0.3, -0.25) is 4.99 Å². The lowest BCUT2D eigenvalue weighted by molar-refractivity contribution is 1.43. The molecule has 0 aromatic heterocycles. The highest BCUT2D eigenvalue weighted by atomic mass is 14.7. The van der Waals surface area contributed by atoms with Gasteiger partial charge >= 0.3 is 0 Å².